The van der Waals surface area contributed by atoms with Crippen LogP contribution in [0.5, 0.6) is 5.75 Å². The van der Waals surface area contributed by atoms with E-state index in [1.54, 1.807) is 12.1 Å². The molecule has 0 radical (unpaired) electrons. The maximum absolute atomic E-state index is 12.8. The molecule has 0 spiro atoms. The Labute approximate surface area is 249 Å². The van der Waals surface area contributed by atoms with E-state index in [0.29, 0.717) is 54.0 Å². The molecule has 5 aliphatic rings. The Hall–Kier alpha value is -3.14. The first kappa shape index (κ1) is 29.9. The van der Waals surface area contributed by atoms with Crippen molar-refractivity contribution in [3.8, 4) is 11.8 Å². The van der Waals surface area contributed by atoms with Gasteiger partial charge in [0.05, 0.1) is 19.4 Å². The van der Waals surface area contributed by atoms with E-state index in [9.17, 15) is 18.4 Å². The molecular formula is C31H39F3N6O3. The average Bonchev–Trinajstić information content (AvgIpc) is 2.95. The van der Waals surface area contributed by atoms with Crippen molar-refractivity contribution in [3.05, 3.63) is 41.6 Å². The van der Waals surface area contributed by atoms with Crippen molar-refractivity contribution < 1.29 is 27.4 Å². The van der Waals surface area contributed by atoms with Crippen LogP contribution in [0.15, 0.2) is 30.5 Å². The van der Waals surface area contributed by atoms with Crippen LogP contribution in [-0.2, 0) is 16.0 Å². The number of halogens is 3. The SMILES string of the molecule is CC1(C)OCC(CN[C@@H]2[C@@H]3CC4C[C@H]2C[C@](CNc2nc(NCc5ccccc5OC(F)(F)F)ncc2C#N)(C4)C3)CO1. The zero-order valence-electron chi connectivity index (χ0n) is 24.5. The van der Waals surface area contributed by atoms with Crippen LogP contribution in [0.1, 0.15) is 57.1 Å². The number of ether oxygens (including phenoxy) is 3. The van der Waals surface area contributed by atoms with Crippen LogP contribution in [0.4, 0.5) is 24.9 Å². The van der Waals surface area contributed by atoms with E-state index in [1.165, 1.54) is 37.6 Å². The van der Waals surface area contributed by atoms with Crippen LogP contribution in [0.25, 0.3) is 0 Å². The number of para-hydroxylation sites is 1. The number of nitrogens with zero attached hydrogens (tertiary/aromatic N) is 3. The van der Waals surface area contributed by atoms with E-state index in [1.807, 2.05) is 13.8 Å². The van der Waals surface area contributed by atoms with E-state index < -0.39 is 12.1 Å². The summed E-state index contributed by atoms with van der Waals surface area (Å²) in [5.74, 6) is 2.18. The van der Waals surface area contributed by atoms with Gasteiger partial charge < -0.3 is 30.2 Å². The van der Waals surface area contributed by atoms with Gasteiger partial charge in [-0.05, 0) is 75.2 Å². The topological polar surface area (TPSA) is 113 Å². The average molecular weight is 601 g/mol. The van der Waals surface area contributed by atoms with Gasteiger partial charge in [-0.2, -0.15) is 10.2 Å². The Bertz CT molecular complexity index is 1320. The lowest BCUT2D eigenvalue weighted by Gasteiger charge is -2.60. The largest absolute Gasteiger partial charge is 0.573 e. The standard InChI is InChI=1S/C31H39F3N6O3/c1-29(2)41-16-20(17-42-29)13-36-26-22-7-19-8-23(26)11-30(9-19,10-22)18-39-27-24(12-35)15-38-28(40-27)37-14-21-5-3-4-6-25(21)43-31(32,33)34/h3-6,15,19-20,22-23,26,36H,7-11,13-14,16-18H2,1-2H3,(H2,37,38,39,40)/t19?,22-,23+,26-,30+. The second kappa shape index (κ2) is 11.7. The van der Waals surface area contributed by atoms with Gasteiger partial charge in [-0.15, -0.1) is 13.2 Å². The lowest BCUT2D eigenvalue weighted by atomic mass is 9.48. The van der Waals surface area contributed by atoms with Crippen LogP contribution >= 0.6 is 0 Å². The van der Waals surface area contributed by atoms with Gasteiger partial charge in [0, 0.05) is 37.2 Å². The van der Waals surface area contributed by atoms with Gasteiger partial charge in [0.25, 0.3) is 0 Å². The first-order valence-electron chi connectivity index (χ1n) is 15.1. The number of nitriles is 1. The predicted molar refractivity (Wildman–Crippen MR) is 153 cm³/mol. The Kier molecular flexibility index (Phi) is 8.17. The second-order valence-electron chi connectivity index (χ2n) is 13.2. The molecule has 43 heavy (non-hydrogen) atoms. The number of anilines is 2. The Morgan fingerprint density at radius 1 is 1.07 bits per heavy atom. The first-order valence-corrected chi connectivity index (χ1v) is 15.1. The molecule has 5 fully saturated rings. The van der Waals surface area contributed by atoms with E-state index in [-0.39, 0.29) is 23.7 Å². The van der Waals surface area contributed by atoms with Gasteiger partial charge in [0.2, 0.25) is 5.95 Å². The van der Waals surface area contributed by atoms with E-state index in [0.717, 1.165) is 31.8 Å². The zero-order chi connectivity index (χ0) is 30.2. The van der Waals surface area contributed by atoms with Crippen molar-refractivity contribution in [3.63, 3.8) is 0 Å². The first-order chi connectivity index (χ1) is 20.5. The second-order valence-corrected chi connectivity index (χ2v) is 13.2. The van der Waals surface area contributed by atoms with Gasteiger partial charge in [-0.1, -0.05) is 18.2 Å². The fourth-order valence-corrected chi connectivity index (χ4v) is 7.89. The number of hydrogen-bond donors (Lipinski definition) is 3. The monoisotopic (exact) mass is 600 g/mol. The van der Waals surface area contributed by atoms with E-state index >= 15 is 0 Å². The summed E-state index contributed by atoms with van der Waals surface area (Å²) in [7, 11) is 0. The Morgan fingerprint density at radius 2 is 1.79 bits per heavy atom. The molecule has 1 aliphatic heterocycles. The molecule has 2 heterocycles. The number of alkyl halides is 3. The molecule has 4 saturated carbocycles. The third-order valence-corrected chi connectivity index (χ3v) is 9.55. The summed E-state index contributed by atoms with van der Waals surface area (Å²) in [5, 5.41) is 20.1. The highest BCUT2D eigenvalue weighted by molar-refractivity contribution is 5.53. The van der Waals surface area contributed by atoms with Crippen molar-refractivity contribution in [1.29, 1.82) is 5.26 Å². The lowest BCUT2D eigenvalue weighted by Crippen LogP contribution is -2.60. The third kappa shape index (κ3) is 7.00. The molecule has 12 heteroatoms. The summed E-state index contributed by atoms with van der Waals surface area (Å²) < 4.78 is 54.3. The van der Waals surface area contributed by atoms with Gasteiger partial charge >= 0.3 is 6.36 Å². The molecule has 1 saturated heterocycles. The molecular weight excluding hydrogens is 561 g/mol. The highest BCUT2D eigenvalue weighted by atomic mass is 19.4. The summed E-state index contributed by atoms with van der Waals surface area (Å²) in [4.78, 5) is 8.74. The van der Waals surface area contributed by atoms with Gasteiger partial charge in [-0.25, -0.2) is 4.98 Å². The predicted octanol–water partition coefficient (Wildman–Crippen LogP) is 5.45. The van der Waals surface area contributed by atoms with Crippen LogP contribution in [0.2, 0.25) is 0 Å². The van der Waals surface area contributed by atoms with Crippen LogP contribution in [-0.4, -0.2) is 54.5 Å². The van der Waals surface area contributed by atoms with Crippen molar-refractivity contribution in [2.45, 2.75) is 70.7 Å². The van der Waals surface area contributed by atoms with Crippen LogP contribution < -0.4 is 20.7 Å². The highest BCUT2D eigenvalue weighted by Crippen LogP contribution is 2.60. The minimum atomic E-state index is -4.79. The maximum atomic E-state index is 12.8. The van der Waals surface area contributed by atoms with Gasteiger partial charge in [-0.3, -0.25) is 0 Å². The van der Waals surface area contributed by atoms with Crippen molar-refractivity contribution in [2.24, 2.45) is 29.1 Å². The Morgan fingerprint density at radius 3 is 2.49 bits per heavy atom. The molecule has 4 aliphatic carbocycles. The molecule has 232 valence electrons. The number of hydrogen-bond acceptors (Lipinski definition) is 9. The summed E-state index contributed by atoms with van der Waals surface area (Å²) in [6, 6.07) is 8.60. The van der Waals surface area contributed by atoms with Gasteiger partial charge in [0.15, 0.2) is 5.79 Å². The normalized spacial score (nSPS) is 29.7. The highest BCUT2D eigenvalue weighted by Gasteiger charge is 2.55. The smallest absolute Gasteiger partial charge is 0.405 e. The van der Waals surface area contributed by atoms with Gasteiger partial charge in [0.1, 0.15) is 23.2 Å². The molecule has 5 atom stereocenters. The quantitative estimate of drug-likeness (QED) is 0.327. The number of rotatable bonds is 10. The van der Waals surface area contributed by atoms with Crippen LogP contribution in [0, 0.1) is 40.4 Å². The molecule has 4 bridgehead atoms. The fourth-order valence-electron chi connectivity index (χ4n) is 7.89. The minimum Gasteiger partial charge on any atom is -0.405 e. The van der Waals surface area contributed by atoms with Crippen molar-refractivity contribution in [1.82, 2.24) is 15.3 Å². The van der Waals surface area contributed by atoms with E-state index in [2.05, 4.69) is 36.7 Å². The third-order valence-electron chi connectivity index (χ3n) is 9.55. The Balaban J connectivity index is 1.07. The zero-order valence-corrected chi connectivity index (χ0v) is 24.5. The molecule has 1 unspecified atom stereocenters. The van der Waals surface area contributed by atoms with Crippen LogP contribution in [0.3, 0.4) is 0 Å². The fraction of sp³-hybridized carbons (Fsp3) is 0.645. The molecule has 3 N–H and O–H groups in total. The number of nitrogens with one attached hydrogen (secondary N) is 3. The molecule has 1 aromatic heterocycles. The molecule has 7 rings (SSSR count). The molecule has 2 aromatic rings. The van der Waals surface area contributed by atoms with E-state index in [4.69, 9.17) is 9.47 Å². The minimum absolute atomic E-state index is 0.0256. The lowest BCUT2D eigenvalue weighted by molar-refractivity contribution is -0.274. The molecule has 1 aromatic carbocycles. The summed E-state index contributed by atoms with van der Waals surface area (Å²) in [6.45, 7) is 6.98. The summed E-state index contributed by atoms with van der Waals surface area (Å²) in [5.41, 5.74) is 0.789. The summed E-state index contributed by atoms with van der Waals surface area (Å²) in [6.07, 6.45) is 2.59. The maximum Gasteiger partial charge on any atom is 0.573 e. The summed E-state index contributed by atoms with van der Waals surface area (Å²) >= 11 is 0. The van der Waals surface area contributed by atoms with Crippen molar-refractivity contribution in [2.75, 3.05) is 36.9 Å². The molecule has 9 nitrogen and oxygen atoms in total. The number of benzene rings is 1. The van der Waals surface area contributed by atoms with Crippen molar-refractivity contribution >= 4 is 11.8 Å². The number of aromatic nitrogens is 2. The molecule has 0 amide bonds.